The average Bonchev–Trinajstić information content (AvgIpc) is 3.91. The summed E-state index contributed by atoms with van der Waals surface area (Å²) in [5, 5.41) is 37.7. The van der Waals surface area contributed by atoms with Crippen LogP contribution in [0.5, 0.6) is 0 Å². The zero-order valence-electron chi connectivity index (χ0n) is 30.3. The van der Waals surface area contributed by atoms with Crippen molar-refractivity contribution in [1.82, 2.24) is 13.7 Å². The zero-order chi connectivity index (χ0) is 38.2. The molecule has 8 aromatic carbocycles. The number of para-hydroxylation sites is 6. The van der Waals surface area contributed by atoms with Gasteiger partial charge in [0.15, 0.2) is 0 Å². The SMILES string of the molecule is N#Cc1cc(-c2cccc(C#N)c2-n2c3ccccc3c3cccc(-n4c5ccccc5c5cc(C#N)ccc54)c32)cc(-n2c3ccccc3c3ccccc32)c1. The first kappa shape index (κ1) is 32.1. The molecule has 3 heterocycles. The topological polar surface area (TPSA) is 86.2 Å². The van der Waals surface area contributed by atoms with Crippen molar-refractivity contribution in [2.45, 2.75) is 0 Å². The summed E-state index contributed by atoms with van der Waals surface area (Å²) in [6, 6.07) is 64.7. The van der Waals surface area contributed by atoms with E-state index in [1.165, 1.54) is 0 Å². The number of hydrogen-bond acceptors (Lipinski definition) is 3. The van der Waals surface area contributed by atoms with Crippen molar-refractivity contribution in [2.24, 2.45) is 0 Å². The van der Waals surface area contributed by atoms with E-state index >= 15 is 0 Å². The van der Waals surface area contributed by atoms with Crippen LogP contribution in [0.15, 0.2) is 170 Å². The average molecular weight is 725 g/mol. The van der Waals surface area contributed by atoms with Gasteiger partial charge in [0.2, 0.25) is 0 Å². The second-order valence-electron chi connectivity index (χ2n) is 14.3. The lowest BCUT2D eigenvalue weighted by molar-refractivity contribution is 1.12. The lowest BCUT2D eigenvalue weighted by atomic mass is 9.97. The number of nitriles is 3. The molecule has 0 aliphatic heterocycles. The molecule has 0 atom stereocenters. The maximum atomic E-state index is 10.9. The van der Waals surface area contributed by atoms with E-state index < -0.39 is 0 Å². The largest absolute Gasteiger partial charge is 0.309 e. The molecule has 0 aliphatic carbocycles. The van der Waals surface area contributed by atoms with Crippen LogP contribution in [0.25, 0.3) is 93.6 Å². The number of aromatic nitrogens is 3. The summed E-state index contributed by atoms with van der Waals surface area (Å²) in [7, 11) is 0. The van der Waals surface area contributed by atoms with E-state index in [1.807, 2.05) is 78.9 Å². The van der Waals surface area contributed by atoms with E-state index in [4.69, 9.17) is 0 Å². The Morgan fingerprint density at radius 3 is 1.56 bits per heavy atom. The summed E-state index contributed by atoms with van der Waals surface area (Å²) < 4.78 is 6.73. The maximum absolute atomic E-state index is 10.9. The van der Waals surface area contributed by atoms with Crippen LogP contribution in [-0.4, -0.2) is 13.7 Å². The first-order valence-electron chi connectivity index (χ1n) is 18.7. The van der Waals surface area contributed by atoms with Gasteiger partial charge >= 0.3 is 0 Å². The van der Waals surface area contributed by atoms with Crippen molar-refractivity contribution in [1.29, 1.82) is 15.8 Å². The summed E-state index contributed by atoms with van der Waals surface area (Å²) in [6.45, 7) is 0. The molecule has 0 bridgehead atoms. The third-order valence-corrected chi connectivity index (χ3v) is 11.3. The molecule has 0 unspecified atom stereocenters. The van der Waals surface area contributed by atoms with Crippen LogP contribution in [0, 0.1) is 34.0 Å². The molecular formula is C51H28N6. The molecule has 262 valence electrons. The second-order valence-corrected chi connectivity index (χ2v) is 14.3. The Balaban J connectivity index is 1.25. The van der Waals surface area contributed by atoms with Crippen molar-refractivity contribution in [3.8, 4) is 46.4 Å². The molecule has 11 rings (SSSR count). The minimum Gasteiger partial charge on any atom is -0.309 e. The Kier molecular flexibility index (Phi) is 6.95. The molecule has 0 fully saturated rings. The van der Waals surface area contributed by atoms with Crippen LogP contribution in [0.1, 0.15) is 16.7 Å². The van der Waals surface area contributed by atoms with Crippen LogP contribution in [0.2, 0.25) is 0 Å². The number of nitrogens with zero attached hydrogens (tertiary/aromatic N) is 6. The van der Waals surface area contributed by atoms with Gasteiger partial charge in [-0.1, -0.05) is 97.1 Å². The third-order valence-electron chi connectivity index (χ3n) is 11.3. The number of rotatable bonds is 4. The van der Waals surface area contributed by atoms with Crippen molar-refractivity contribution in [3.63, 3.8) is 0 Å². The van der Waals surface area contributed by atoms with Crippen LogP contribution < -0.4 is 0 Å². The van der Waals surface area contributed by atoms with Crippen molar-refractivity contribution >= 4 is 65.4 Å². The van der Waals surface area contributed by atoms with Gasteiger partial charge in [-0.3, -0.25) is 0 Å². The molecule has 57 heavy (non-hydrogen) atoms. The minimum absolute atomic E-state index is 0.506. The van der Waals surface area contributed by atoms with Crippen molar-refractivity contribution < 1.29 is 0 Å². The molecule has 11 aromatic rings. The van der Waals surface area contributed by atoms with Gasteiger partial charge < -0.3 is 13.7 Å². The van der Waals surface area contributed by atoms with Crippen LogP contribution in [-0.2, 0) is 0 Å². The highest BCUT2D eigenvalue weighted by atomic mass is 15.1. The Labute approximate surface area is 326 Å². The van der Waals surface area contributed by atoms with Gasteiger partial charge in [0.1, 0.15) is 6.07 Å². The predicted molar refractivity (Wildman–Crippen MR) is 229 cm³/mol. The maximum Gasteiger partial charge on any atom is 0.101 e. The van der Waals surface area contributed by atoms with Crippen molar-refractivity contribution in [3.05, 3.63) is 187 Å². The fourth-order valence-electron chi connectivity index (χ4n) is 8.98. The summed E-state index contributed by atoms with van der Waals surface area (Å²) in [5.41, 5.74) is 11.8. The molecule has 0 N–H and O–H groups in total. The minimum atomic E-state index is 0.506. The second kappa shape index (κ2) is 12.3. The summed E-state index contributed by atoms with van der Waals surface area (Å²) in [5.74, 6) is 0. The smallest absolute Gasteiger partial charge is 0.101 e. The Morgan fingerprint density at radius 1 is 0.368 bits per heavy atom. The van der Waals surface area contributed by atoms with E-state index in [1.54, 1.807) is 0 Å². The molecule has 0 saturated heterocycles. The number of fused-ring (bicyclic) bond motifs is 9. The summed E-state index contributed by atoms with van der Waals surface area (Å²) in [4.78, 5) is 0. The van der Waals surface area contributed by atoms with Gasteiger partial charge in [-0.15, -0.1) is 0 Å². The summed E-state index contributed by atoms with van der Waals surface area (Å²) in [6.07, 6.45) is 0. The fourth-order valence-corrected chi connectivity index (χ4v) is 8.98. The van der Waals surface area contributed by atoms with Crippen LogP contribution in [0.4, 0.5) is 0 Å². The van der Waals surface area contributed by atoms with Crippen LogP contribution >= 0.6 is 0 Å². The first-order chi connectivity index (χ1) is 28.2. The van der Waals surface area contributed by atoms with E-state index in [9.17, 15) is 15.8 Å². The third kappa shape index (κ3) is 4.61. The van der Waals surface area contributed by atoms with E-state index in [-0.39, 0.29) is 0 Å². The fraction of sp³-hybridized carbons (Fsp3) is 0. The molecule has 0 radical (unpaired) electrons. The summed E-state index contributed by atoms with van der Waals surface area (Å²) >= 11 is 0. The van der Waals surface area contributed by atoms with Gasteiger partial charge in [-0.05, 0) is 78.4 Å². The van der Waals surface area contributed by atoms with Gasteiger partial charge in [0, 0.05) is 43.6 Å². The monoisotopic (exact) mass is 724 g/mol. The quantitative estimate of drug-likeness (QED) is 0.181. The Hall–Kier alpha value is -8.37. The predicted octanol–water partition coefficient (Wildman–Crippen LogP) is 12.3. The Morgan fingerprint density at radius 2 is 0.912 bits per heavy atom. The highest BCUT2D eigenvalue weighted by Crippen LogP contribution is 2.43. The number of benzene rings is 8. The van der Waals surface area contributed by atoms with E-state index in [0.29, 0.717) is 16.7 Å². The van der Waals surface area contributed by atoms with Gasteiger partial charge in [-0.2, -0.15) is 15.8 Å². The van der Waals surface area contributed by atoms with Gasteiger partial charge in [-0.25, -0.2) is 0 Å². The zero-order valence-corrected chi connectivity index (χ0v) is 30.3. The van der Waals surface area contributed by atoms with E-state index in [2.05, 4.69) is 123 Å². The molecule has 0 spiro atoms. The molecule has 0 amide bonds. The molecule has 6 nitrogen and oxygen atoms in total. The van der Waals surface area contributed by atoms with Gasteiger partial charge in [0.25, 0.3) is 0 Å². The number of hydrogen-bond donors (Lipinski definition) is 0. The molecule has 3 aromatic heterocycles. The molecular weight excluding hydrogens is 697 g/mol. The standard InChI is InChI=1S/C51H28N6/c52-29-32-23-24-48-43(27-32)41-15-4-7-20-46(41)56(48)49-22-10-17-42-40-14-3-8-21-47(40)57(51(42)49)50-34(31-54)11-9-16-37(50)35-25-33(30-53)26-36(28-35)55-44-18-5-1-12-38(44)39-13-2-6-19-45(39)55/h1-28H. The normalized spacial score (nSPS) is 11.5. The first-order valence-corrected chi connectivity index (χ1v) is 18.7. The lowest BCUT2D eigenvalue weighted by Crippen LogP contribution is -2.04. The lowest BCUT2D eigenvalue weighted by Gasteiger charge is -2.19. The highest BCUT2D eigenvalue weighted by molar-refractivity contribution is 6.16. The molecule has 6 heteroatoms. The molecule has 0 aliphatic rings. The molecule has 0 saturated carbocycles. The van der Waals surface area contributed by atoms with E-state index in [0.717, 1.165) is 93.6 Å². The van der Waals surface area contributed by atoms with Crippen molar-refractivity contribution in [2.75, 3.05) is 0 Å². The van der Waals surface area contributed by atoms with Gasteiger partial charge in [0.05, 0.1) is 73.3 Å². The Bertz CT molecular complexity index is 3580. The van der Waals surface area contributed by atoms with Crippen LogP contribution in [0.3, 0.4) is 0 Å². The highest BCUT2D eigenvalue weighted by Gasteiger charge is 2.24.